The maximum atomic E-state index is 11.2. The molecule has 6 nitrogen and oxygen atoms in total. The fourth-order valence-electron chi connectivity index (χ4n) is 2.58. The van der Waals surface area contributed by atoms with E-state index in [1.165, 1.54) is 45.0 Å². The van der Waals surface area contributed by atoms with Crippen molar-refractivity contribution in [1.29, 1.82) is 0 Å². The van der Waals surface area contributed by atoms with Gasteiger partial charge in [-0.25, -0.2) is 8.42 Å². The molecule has 0 spiro atoms. The number of sulfone groups is 1. The van der Waals surface area contributed by atoms with Crippen molar-refractivity contribution in [3.63, 3.8) is 0 Å². The first kappa shape index (κ1) is 19.2. The number of hydrogen-bond acceptors (Lipinski definition) is 4. The van der Waals surface area contributed by atoms with E-state index in [1.54, 1.807) is 7.05 Å². The minimum Gasteiger partial charge on any atom is -0.355 e. The van der Waals surface area contributed by atoms with Crippen molar-refractivity contribution in [2.45, 2.75) is 45.1 Å². The van der Waals surface area contributed by atoms with Crippen molar-refractivity contribution in [2.75, 3.05) is 45.2 Å². The van der Waals surface area contributed by atoms with Gasteiger partial charge < -0.3 is 15.5 Å². The monoisotopic (exact) mass is 332 g/mol. The van der Waals surface area contributed by atoms with E-state index in [2.05, 4.69) is 20.5 Å². The van der Waals surface area contributed by atoms with Gasteiger partial charge in [0.25, 0.3) is 0 Å². The summed E-state index contributed by atoms with van der Waals surface area (Å²) in [5.41, 5.74) is 0. The lowest BCUT2D eigenvalue weighted by molar-refractivity contribution is 0.289. The van der Waals surface area contributed by atoms with E-state index in [1.807, 2.05) is 6.92 Å². The molecule has 0 saturated carbocycles. The van der Waals surface area contributed by atoms with Crippen molar-refractivity contribution < 1.29 is 8.42 Å². The van der Waals surface area contributed by atoms with Crippen molar-refractivity contribution in [1.82, 2.24) is 15.5 Å². The quantitative estimate of drug-likeness (QED) is 0.534. The molecule has 1 heterocycles. The molecule has 22 heavy (non-hydrogen) atoms. The third-order valence-corrected chi connectivity index (χ3v) is 4.92. The van der Waals surface area contributed by atoms with E-state index < -0.39 is 9.84 Å². The van der Waals surface area contributed by atoms with Crippen LogP contribution in [0.5, 0.6) is 0 Å². The highest BCUT2D eigenvalue weighted by Gasteiger charge is 2.11. The third kappa shape index (κ3) is 9.25. The normalized spacial score (nSPS) is 19.5. The highest BCUT2D eigenvalue weighted by Crippen LogP contribution is 2.08. The molecule has 1 rings (SSSR count). The lowest BCUT2D eigenvalue weighted by Gasteiger charge is -2.22. The molecule has 1 unspecified atom stereocenters. The molecule has 7 heteroatoms. The fourth-order valence-corrected chi connectivity index (χ4v) is 3.36. The van der Waals surface area contributed by atoms with Gasteiger partial charge in [0.05, 0.1) is 5.75 Å². The van der Waals surface area contributed by atoms with Crippen LogP contribution < -0.4 is 10.6 Å². The summed E-state index contributed by atoms with van der Waals surface area (Å²) in [7, 11) is -1.16. The van der Waals surface area contributed by atoms with Crippen LogP contribution in [0.25, 0.3) is 0 Å². The van der Waals surface area contributed by atoms with Crippen molar-refractivity contribution in [3.05, 3.63) is 0 Å². The summed E-state index contributed by atoms with van der Waals surface area (Å²) < 4.78 is 22.4. The Morgan fingerprint density at radius 3 is 2.41 bits per heavy atom. The van der Waals surface area contributed by atoms with Gasteiger partial charge in [-0.1, -0.05) is 12.8 Å². The fraction of sp³-hybridized carbons (Fsp3) is 0.933. The van der Waals surface area contributed by atoms with Crippen LogP contribution in [0.3, 0.4) is 0 Å². The molecule has 2 N–H and O–H groups in total. The predicted molar refractivity (Wildman–Crippen MR) is 93.2 cm³/mol. The van der Waals surface area contributed by atoms with E-state index in [9.17, 15) is 8.42 Å². The summed E-state index contributed by atoms with van der Waals surface area (Å²) >= 11 is 0. The number of likely N-dealkylation sites (tertiary alicyclic amines) is 1. The standard InChI is InChI=1S/C15H32N4O2S/c1-14(8-13-22(3,20)21)18-15(16-2)17-9-12-19-10-6-4-5-7-11-19/h14H,4-13H2,1-3H3,(H2,16,17,18). The molecule has 1 atom stereocenters. The molecule has 0 aliphatic carbocycles. The highest BCUT2D eigenvalue weighted by atomic mass is 32.2. The van der Waals surface area contributed by atoms with Crippen molar-refractivity contribution in [3.8, 4) is 0 Å². The summed E-state index contributed by atoms with van der Waals surface area (Å²) in [5.74, 6) is 0.946. The number of rotatable bonds is 7. The predicted octanol–water partition coefficient (Wildman–Crippen LogP) is 0.851. The second kappa shape index (κ2) is 10.0. The summed E-state index contributed by atoms with van der Waals surface area (Å²) in [5, 5.41) is 6.56. The molecule has 1 aliphatic heterocycles. The topological polar surface area (TPSA) is 73.8 Å². The summed E-state index contributed by atoms with van der Waals surface area (Å²) in [6.07, 6.45) is 7.17. The average molecular weight is 333 g/mol. The van der Waals surface area contributed by atoms with Gasteiger partial charge in [0.15, 0.2) is 5.96 Å². The van der Waals surface area contributed by atoms with Crippen LogP contribution in [0, 0.1) is 0 Å². The number of aliphatic imine (C=N–C) groups is 1. The molecule has 0 bridgehead atoms. The van der Waals surface area contributed by atoms with Crippen LogP contribution in [0.4, 0.5) is 0 Å². The molecule has 0 aromatic carbocycles. The van der Waals surface area contributed by atoms with Crippen LogP contribution in [0.2, 0.25) is 0 Å². The Kier molecular flexibility index (Phi) is 8.78. The van der Waals surface area contributed by atoms with Gasteiger partial charge in [-0.15, -0.1) is 0 Å². The van der Waals surface area contributed by atoms with Crippen LogP contribution in [0.15, 0.2) is 4.99 Å². The Morgan fingerprint density at radius 1 is 1.23 bits per heavy atom. The zero-order valence-electron chi connectivity index (χ0n) is 14.3. The Hall–Kier alpha value is -0.820. The Morgan fingerprint density at radius 2 is 1.86 bits per heavy atom. The molecular formula is C15H32N4O2S. The Labute approximate surface area is 135 Å². The van der Waals surface area contributed by atoms with E-state index in [4.69, 9.17) is 0 Å². The molecule has 130 valence electrons. The third-order valence-electron chi connectivity index (χ3n) is 3.95. The van der Waals surface area contributed by atoms with Gasteiger partial charge in [0.1, 0.15) is 9.84 Å². The van der Waals surface area contributed by atoms with E-state index in [0.717, 1.165) is 19.0 Å². The van der Waals surface area contributed by atoms with Crippen molar-refractivity contribution in [2.24, 2.45) is 4.99 Å². The molecule has 1 saturated heterocycles. The number of nitrogens with zero attached hydrogens (tertiary/aromatic N) is 2. The molecular weight excluding hydrogens is 300 g/mol. The minimum absolute atomic E-state index is 0.0825. The Bertz CT molecular complexity index is 429. The van der Waals surface area contributed by atoms with Crippen LogP contribution in [0.1, 0.15) is 39.0 Å². The number of hydrogen-bond donors (Lipinski definition) is 2. The van der Waals surface area contributed by atoms with E-state index >= 15 is 0 Å². The molecule has 0 aromatic rings. The summed E-state index contributed by atoms with van der Waals surface area (Å²) in [6.45, 7) is 6.25. The van der Waals surface area contributed by atoms with Gasteiger partial charge in [0, 0.05) is 32.4 Å². The van der Waals surface area contributed by atoms with Gasteiger partial charge in [-0.05, 0) is 39.3 Å². The maximum Gasteiger partial charge on any atom is 0.191 e. The first-order valence-corrected chi connectivity index (χ1v) is 10.3. The smallest absolute Gasteiger partial charge is 0.191 e. The van der Waals surface area contributed by atoms with E-state index in [-0.39, 0.29) is 11.8 Å². The molecule has 0 radical (unpaired) electrons. The highest BCUT2D eigenvalue weighted by molar-refractivity contribution is 7.90. The lowest BCUT2D eigenvalue weighted by Crippen LogP contribution is -2.45. The second-order valence-electron chi connectivity index (χ2n) is 6.22. The first-order chi connectivity index (χ1) is 10.4. The maximum absolute atomic E-state index is 11.2. The van der Waals surface area contributed by atoms with Crippen LogP contribution >= 0.6 is 0 Å². The molecule has 1 fully saturated rings. The van der Waals surface area contributed by atoms with Gasteiger partial charge >= 0.3 is 0 Å². The first-order valence-electron chi connectivity index (χ1n) is 8.28. The number of guanidine groups is 1. The van der Waals surface area contributed by atoms with Gasteiger partial charge in [-0.2, -0.15) is 0 Å². The summed E-state index contributed by atoms with van der Waals surface area (Å²) in [6, 6.07) is 0.0825. The average Bonchev–Trinajstić information content (AvgIpc) is 2.72. The minimum atomic E-state index is -2.90. The Balaban J connectivity index is 2.24. The van der Waals surface area contributed by atoms with Crippen molar-refractivity contribution >= 4 is 15.8 Å². The largest absolute Gasteiger partial charge is 0.355 e. The molecule has 1 aliphatic rings. The second-order valence-corrected chi connectivity index (χ2v) is 8.48. The SMILES string of the molecule is CN=C(NCCN1CCCCCC1)NC(C)CCS(C)(=O)=O. The van der Waals surface area contributed by atoms with E-state index in [0.29, 0.717) is 6.42 Å². The zero-order valence-corrected chi connectivity index (χ0v) is 15.1. The lowest BCUT2D eigenvalue weighted by atomic mass is 10.2. The summed E-state index contributed by atoms with van der Waals surface area (Å²) in [4.78, 5) is 6.70. The van der Waals surface area contributed by atoms with Crippen LogP contribution in [-0.2, 0) is 9.84 Å². The molecule has 0 amide bonds. The van der Waals surface area contributed by atoms with Crippen LogP contribution in [-0.4, -0.2) is 70.6 Å². The molecule has 0 aromatic heterocycles. The van der Waals surface area contributed by atoms with Gasteiger partial charge in [-0.3, -0.25) is 4.99 Å². The zero-order chi connectivity index (χ0) is 16.4. The van der Waals surface area contributed by atoms with Gasteiger partial charge in [0.2, 0.25) is 0 Å². The number of nitrogens with one attached hydrogen (secondary N) is 2.